The van der Waals surface area contributed by atoms with Gasteiger partial charge in [0.05, 0.1) is 0 Å². The van der Waals surface area contributed by atoms with E-state index < -0.39 is 0 Å². The summed E-state index contributed by atoms with van der Waals surface area (Å²) >= 11 is 0. The number of hydrogen-bond donors (Lipinski definition) is 2. The average Bonchev–Trinajstić information content (AvgIpc) is 2.74. The summed E-state index contributed by atoms with van der Waals surface area (Å²) in [7, 11) is 0. The number of carbonyl (C=O) groups is 1. The van der Waals surface area contributed by atoms with E-state index in [0.717, 1.165) is 5.56 Å². The maximum Gasteiger partial charge on any atom is 0.250 e. The summed E-state index contributed by atoms with van der Waals surface area (Å²) in [5, 5.41) is 8.87. The molecule has 0 radical (unpaired) electrons. The molecule has 0 spiro atoms. The van der Waals surface area contributed by atoms with Gasteiger partial charge in [-0.05, 0) is 30.7 Å². The molecule has 1 amide bonds. The van der Waals surface area contributed by atoms with Crippen molar-refractivity contribution in [3.05, 3.63) is 47.5 Å². The van der Waals surface area contributed by atoms with E-state index >= 15 is 0 Å². The largest absolute Gasteiger partial charge is 0.290 e. The van der Waals surface area contributed by atoms with Gasteiger partial charge >= 0.3 is 0 Å². The van der Waals surface area contributed by atoms with Gasteiger partial charge in [-0.15, -0.1) is 5.10 Å². The number of rotatable bonds is 3. The summed E-state index contributed by atoms with van der Waals surface area (Å²) in [4.78, 5) is 15.4. The molecule has 2 rings (SSSR count). The lowest BCUT2D eigenvalue weighted by molar-refractivity contribution is -0.111. The van der Waals surface area contributed by atoms with Crippen molar-refractivity contribution in [2.24, 2.45) is 0 Å². The van der Waals surface area contributed by atoms with E-state index in [0.29, 0.717) is 5.82 Å². The predicted molar refractivity (Wildman–Crippen MR) is 65.2 cm³/mol. The van der Waals surface area contributed by atoms with Crippen molar-refractivity contribution < 1.29 is 9.18 Å². The summed E-state index contributed by atoms with van der Waals surface area (Å²) in [6.07, 6.45) is 2.91. The Morgan fingerprint density at radius 1 is 1.39 bits per heavy atom. The molecule has 6 heteroatoms. The van der Waals surface area contributed by atoms with Crippen molar-refractivity contribution in [2.45, 2.75) is 6.92 Å². The standard InChI is InChI=1S/C12H11FN4O/c1-8-14-12(17-16-8)15-11(18)7-4-9-2-5-10(13)6-3-9/h2-7H,1H3,(H2,14,15,16,17,18). The van der Waals surface area contributed by atoms with Gasteiger partial charge in [0.15, 0.2) is 0 Å². The van der Waals surface area contributed by atoms with Crippen molar-refractivity contribution in [3.8, 4) is 0 Å². The van der Waals surface area contributed by atoms with Crippen LogP contribution in [0.1, 0.15) is 11.4 Å². The zero-order valence-corrected chi connectivity index (χ0v) is 9.64. The van der Waals surface area contributed by atoms with Crippen LogP contribution >= 0.6 is 0 Å². The predicted octanol–water partition coefficient (Wildman–Crippen LogP) is 1.90. The zero-order chi connectivity index (χ0) is 13.0. The zero-order valence-electron chi connectivity index (χ0n) is 9.64. The first-order chi connectivity index (χ1) is 8.63. The fraction of sp³-hybridized carbons (Fsp3) is 0.0833. The molecule has 0 bridgehead atoms. The summed E-state index contributed by atoms with van der Waals surface area (Å²) < 4.78 is 12.7. The van der Waals surface area contributed by atoms with Crippen LogP contribution in [0.5, 0.6) is 0 Å². The Morgan fingerprint density at radius 2 is 2.11 bits per heavy atom. The van der Waals surface area contributed by atoms with Crippen LogP contribution in [0.25, 0.3) is 6.08 Å². The summed E-state index contributed by atoms with van der Waals surface area (Å²) in [6.45, 7) is 1.73. The lowest BCUT2D eigenvalue weighted by Crippen LogP contribution is -2.09. The molecule has 0 saturated carbocycles. The van der Waals surface area contributed by atoms with E-state index in [1.807, 2.05) is 0 Å². The number of benzene rings is 1. The molecule has 5 nitrogen and oxygen atoms in total. The van der Waals surface area contributed by atoms with Crippen LogP contribution in [-0.4, -0.2) is 21.1 Å². The highest BCUT2D eigenvalue weighted by Gasteiger charge is 2.02. The van der Waals surface area contributed by atoms with Crippen molar-refractivity contribution in [1.29, 1.82) is 0 Å². The Bertz CT molecular complexity index is 574. The molecule has 2 N–H and O–H groups in total. The molecule has 1 aromatic heterocycles. The van der Waals surface area contributed by atoms with Gasteiger partial charge in [-0.25, -0.2) is 4.39 Å². The molecule has 0 atom stereocenters. The second-order valence-corrected chi connectivity index (χ2v) is 3.62. The molecule has 1 heterocycles. The fourth-order valence-corrected chi connectivity index (χ4v) is 1.30. The highest BCUT2D eigenvalue weighted by atomic mass is 19.1. The number of aryl methyl sites for hydroxylation is 1. The number of carbonyl (C=O) groups excluding carboxylic acids is 1. The van der Waals surface area contributed by atoms with Crippen LogP contribution < -0.4 is 5.32 Å². The molecular weight excluding hydrogens is 235 g/mol. The molecule has 0 unspecified atom stereocenters. The Hall–Kier alpha value is -2.50. The van der Waals surface area contributed by atoms with E-state index in [2.05, 4.69) is 20.5 Å². The maximum atomic E-state index is 12.7. The molecule has 18 heavy (non-hydrogen) atoms. The van der Waals surface area contributed by atoms with Crippen molar-refractivity contribution in [1.82, 2.24) is 15.2 Å². The summed E-state index contributed by atoms with van der Waals surface area (Å²) in [6, 6.07) is 5.82. The molecule has 1 aromatic carbocycles. The van der Waals surface area contributed by atoms with Crippen LogP contribution in [0.2, 0.25) is 0 Å². The Labute approximate surface area is 103 Å². The number of hydrogen-bond acceptors (Lipinski definition) is 3. The molecule has 0 aliphatic heterocycles. The summed E-state index contributed by atoms with van der Waals surface area (Å²) in [5.74, 6) is 0.181. The number of aromatic amines is 1. The monoisotopic (exact) mass is 246 g/mol. The highest BCUT2D eigenvalue weighted by Crippen LogP contribution is 2.05. The van der Waals surface area contributed by atoms with Crippen molar-refractivity contribution in [3.63, 3.8) is 0 Å². The molecule has 0 fully saturated rings. The lowest BCUT2D eigenvalue weighted by atomic mass is 10.2. The number of nitrogens with one attached hydrogen (secondary N) is 2. The minimum Gasteiger partial charge on any atom is -0.290 e. The second-order valence-electron chi connectivity index (χ2n) is 3.62. The van der Waals surface area contributed by atoms with Crippen LogP contribution in [0.15, 0.2) is 30.3 Å². The van der Waals surface area contributed by atoms with E-state index in [4.69, 9.17) is 0 Å². The third-order valence-corrected chi connectivity index (χ3v) is 2.13. The number of halogens is 1. The van der Waals surface area contributed by atoms with Gasteiger partial charge in [-0.1, -0.05) is 12.1 Å². The van der Waals surface area contributed by atoms with E-state index in [9.17, 15) is 9.18 Å². The van der Waals surface area contributed by atoms with E-state index in [-0.39, 0.29) is 17.7 Å². The number of anilines is 1. The van der Waals surface area contributed by atoms with Gasteiger partial charge in [0.2, 0.25) is 5.95 Å². The van der Waals surface area contributed by atoms with Crippen LogP contribution in [-0.2, 0) is 4.79 Å². The first-order valence-corrected chi connectivity index (χ1v) is 5.27. The van der Waals surface area contributed by atoms with E-state index in [1.165, 1.54) is 18.2 Å². The maximum absolute atomic E-state index is 12.7. The normalized spacial score (nSPS) is 10.8. The quantitative estimate of drug-likeness (QED) is 0.812. The van der Waals surface area contributed by atoms with Gasteiger partial charge in [0.1, 0.15) is 11.6 Å². The van der Waals surface area contributed by atoms with Gasteiger partial charge in [0.25, 0.3) is 5.91 Å². The Balaban J connectivity index is 1.96. The smallest absolute Gasteiger partial charge is 0.250 e. The third-order valence-electron chi connectivity index (χ3n) is 2.13. The van der Waals surface area contributed by atoms with Gasteiger partial charge < -0.3 is 0 Å². The van der Waals surface area contributed by atoms with Crippen molar-refractivity contribution in [2.75, 3.05) is 5.32 Å². The average molecular weight is 246 g/mol. The van der Waals surface area contributed by atoms with Crippen molar-refractivity contribution >= 4 is 17.9 Å². The van der Waals surface area contributed by atoms with Gasteiger partial charge in [-0.3, -0.25) is 15.2 Å². The first kappa shape index (κ1) is 12.0. The van der Waals surface area contributed by atoms with Gasteiger partial charge in [0, 0.05) is 6.08 Å². The molecule has 0 aliphatic rings. The number of H-pyrrole nitrogens is 1. The minimum atomic E-state index is -0.349. The third kappa shape index (κ3) is 3.24. The molecular formula is C12H11FN4O. The van der Waals surface area contributed by atoms with Crippen LogP contribution in [0, 0.1) is 12.7 Å². The van der Waals surface area contributed by atoms with E-state index in [1.54, 1.807) is 25.1 Å². The fourth-order valence-electron chi connectivity index (χ4n) is 1.30. The topological polar surface area (TPSA) is 70.7 Å². The lowest BCUT2D eigenvalue weighted by Gasteiger charge is -1.95. The first-order valence-electron chi connectivity index (χ1n) is 5.27. The number of amides is 1. The molecule has 2 aromatic rings. The second kappa shape index (κ2) is 5.22. The molecule has 92 valence electrons. The highest BCUT2D eigenvalue weighted by molar-refractivity contribution is 6.00. The number of nitrogens with zero attached hydrogens (tertiary/aromatic N) is 2. The molecule has 0 saturated heterocycles. The Morgan fingerprint density at radius 3 is 2.72 bits per heavy atom. The summed E-state index contributed by atoms with van der Waals surface area (Å²) in [5.41, 5.74) is 0.734. The van der Waals surface area contributed by atoms with Gasteiger partial charge in [-0.2, -0.15) is 4.98 Å². The number of aromatic nitrogens is 3. The molecule has 0 aliphatic carbocycles. The van der Waals surface area contributed by atoms with Crippen LogP contribution in [0.4, 0.5) is 10.3 Å². The van der Waals surface area contributed by atoms with Crippen LogP contribution in [0.3, 0.4) is 0 Å². The SMILES string of the molecule is Cc1nc(NC(=O)C=Cc2ccc(F)cc2)n[nH]1. The minimum absolute atomic E-state index is 0.223. The Kier molecular flexibility index (Phi) is 3.47.